The highest BCUT2D eigenvalue weighted by molar-refractivity contribution is 5.75. The Morgan fingerprint density at radius 2 is 2.16 bits per heavy atom. The highest BCUT2D eigenvalue weighted by atomic mass is 19.1. The van der Waals surface area contributed by atoms with E-state index in [2.05, 4.69) is 10.2 Å². The summed E-state index contributed by atoms with van der Waals surface area (Å²) in [5.74, 6) is -0.0795. The first-order valence-corrected chi connectivity index (χ1v) is 6.93. The third kappa shape index (κ3) is 4.31. The Morgan fingerprint density at radius 1 is 1.42 bits per heavy atom. The SMILES string of the molecule is CCC(=O)N[C@H]1CCCN(Cc2ccc(F)cc2)C1. The lowest BCUT2D eigenvalue weighted by Gasteiger charge is -2.33. The largest absolute Gasteiger partial charge is 0.352 e. The summed E-state index contributed by atoms with van der Waals surface area (Å²) >= 11 is 0. The molecule has 0 aliphatic carbocycles. The minimum Gasteiger partial charge on any atom is -0.352 e. The molecule has 1 aliphatic heterocycles. The summed E-state index contributed by atoms with van der Waals surface area (Å²) in [4.78, 5) is 13.7. The lowest BCUT2D eigenvalue weighted by Crippen LogP contribution is -2.47. The van der Waals surface area contributed by atoms with E-state index in [-0.39, 0.29) is 17.8 Å². The van der Waals surface area contributed by atoms with E-state index in [1.165, 1.54) is 12.1 Å². The molecular weight excluding hydrogens is 243 g/mol. The van der Waals surface area contributed by atoms with Crippen molar-refractivity contribution in [3.8, 4) is 0 Å². The molecule has 104 valence electrons. The van der Waals surface area contributed by atoms with Crippen molar-refractivity contribution in [3.63, 3.8) is 0 Å². The second-order valence-corrected chi connectivity index (χ2v) is 5.12. The fourth-order valence-corrected chi connectivity index (χ4v) is 2.49. The van der Waals surface area contributed by atoms with Gasteiger partial charge in [-0.15, -0.1) is 0 Å². The van der Waals surface area contributed by atoms with E-state index in [1.807, 2.05) is 19.1 Å². The summed E-state index contributed by atoms with van der Waals surface area (Å²) in [6, 6.07) is 6.89. The Kier molecular flexibility index (Phi) is 4.91. The molecule has 4 heteroatoms. The Hall–Kier alpha value is -1.42. The van der Waals surface area contributed by atoms with Gasteiger partial charge in [-0.1, -0.05) is 19.1 Å². The number of benzene rings is 1. The van der Waals surface area contributed by atoms with Crippen LogP contribution >= 0.6 is 0 Å². The predicted molar refractivity (Wildman–Crippen MR) is 73.1 cm³/mol. The molecule has 1 aromatic carbocycles. The molecule has 0 spiro atoms. The molecule has 1 atom stereocenters. The first kappa shape index (κ1) is 14.0. The van der Waals surface area contributed by atoms with Gasteiger partial charge in [-0.05, 0) is 37.1 Å². The zero-order chi connectivity index (χ0) is 13.7. The quantitative estimate of drug-likeness (QED) is 0.905. The number of nitrogens with zero attached hydrogens (tertiary/aromatic N) is 1. The van der Waals surface area contributed by atoms with Crippen molar-refractivity contribution < 1.29 is 9.18 Å². The predicted octanol–water partition coefficient (Wildman–Crippen LogP) is 2.32. The first-order valence-electron chi connectivity index (χ1n) is 6.93. The second kappa shape index (κ2) is 6.66. The molecular formula is C15H21FN2O. The number of rotatable bonds is 4. The van der Waals surface area contributed by atoms with Gasteiger partial charge in [0.25, 0.3) is 0 Å². The van der Waals surface area contributed by atoms with E-state index in [0.29, 0.717) is 6.42 Å². The van der Waals surface area contributed by atoms with Crippen molar-refractivity contribution in [2.24, 2.45) is 0 Å². The van der Waals surface area contributed by atoms with E-state index in [1.54, 1.807) is 0 Å². The molecule has 3 nitrogen and oxygen atoms in total. The summed E-state index contributed by atoms with van der Waals surface area (Å²) in [5, 5.41) is 3.05. The molecule has 0 saturated carbocycles. The highest BCUT2D eigenvalue weighted by Gasteiger charge is 2.20. The molecule has 0 aromatic heterocycles. The number of carbonyl (C=O) groups is 1. The number of hydrogen-bond acceptors (Lipinski definition) is 2. The van der Waals surface area contributed by atoms with Gasteiger partial charge in [0, 0.05) is 25.6 Å². The molecule has 1 aromatic rings. The number of piperidine rings is 1. The topological polar surface area (TPSA) is 32.3 Å². The fraction of sp³-hybridized carbons (Fsp3) is 0.533. The summed E-state index contributed by atoms with van der Waals surface area (Å²) in [6.45, 7) is 4.60. The monoisotopic (exact) mass is 264 g/mol. The van der Waals surface area contributed by atoms with E-state index in [4.69, 9.17) is 0 Å². The van der Waals surface area contributed by atoms with Crippen molar-refractivity contribution in [1.29, 1.82) is 0 Å². The molecule has 19 heavy (non-hydrogen) atoms. The average Bonchev–Trinajstić information content (AvgIpc) is 2.42. The van der Waals surface area contributed by atoms with Crippen LogP contribution in [0.15, 0.2) is 24.3 Å². The van der Waals surface area contributed by atoms with Crippen LogP contribution in [0.3, 0.4) is 0 Å². The van der Waals surface area contributed by atoms with Crippen molar-refractivity contribution in [3.05, 3.63) is 35.6 Å². The molecule has 1 fully saturated rings. The summed E-state index contributed by atoms with van der Waals surface area (Å²) < 4.78 is 12.8. The van der Waals surface area contributed by atoms with Crippen molar-refractivity contribution in [1.82, 2.24) is 10.2 Å². The lowest BCUT2D eigenvalue weighted by atomic mass is 10.0. The molecule has 0 unspecified atom stereocenters. The van der Waals surface area contributed by atoms with Crippen LogP contribution in [0.2, 0.25) is 0 Å². The Bertz CT molecular complexity index is 419. The van der Waals surface area contributed by atoms with Gasteiger partial charge in [0.15, 0.2) is 0 Å². The van der Waals surface area contributed by atoms with Crippen LogP contribution in [0.4, 0.5) is 4.39 Å². The molecule has 1 aliphatic rings. The Labute approximate surface area is 113 Å². The van der Waals surface area contributed by atoms with Crippen molar-refractivity contribution in [2.45, 2.75) is 38.8 Å². The molecule has 1 N–H and O–H groups in total. The van der Waals surface area contributed by atoms with Crippen LogP contribution in [0, 0.1) is 5.82 Å². The molecule has 2 rings (SSSR count). The van der Waals surface area contributed by atoms with Crippen LogP contribution in [-0.2, 0) is 11.3 Å². The van der Waals surface area contributed by atoms with Gasteiger partial charge in [-0.3, -0.25) is 9.69 Å². The number of carbonyl (C=O) groups excluding carboxylic acids is 1. The maximum atomic E-state index is 12.8. The van der Waals surface area contributed by atoms with Crippen LogP contribution in [0.1, 0.15) is 31.7 Å². The first-order chi connectivity index (χ1) is 9.17. The minimum atomic E-state index is -0.199. The molecule has 1 heterocycles. The normalized spacial score (nSPS) is 20.2. The number of halogens is 1. The van der Waals surface area contributed by atoms with Crippen molar-refractivity contribution >= 4 is 5.91 Å². The maximum absolute atomic E-state index is 12.8. The van der Waals surface area contributed by atoms with Gasteiger partial charge in [0.1, 0.15) is 5.82 Å². The van der Waals surface area contributed by atoms with Crippen LogP contribution in [-0.4, -0.2) is 29.9 Å². The minimum absolute atomic E-state index is 0.119. The summed E-state index contributed by atoms with van der Waals surface area (Å²) in [5.41, 5.74) is 1.11. The zero-order valence-corrected chi connectivity index (χ0v) is 11.4. The second-order valence-electron chi connectivity index (χ2n) is 5.12. The molecule has 0 bridgehead atoms. The van der Waals surface area contributed by atoms with Gasteiger partial charge >= 0.3 is 0 Å². The van der Waals surface area contributed by atoms with Gasteiger partial charge < -0.3 is 5.32 Å². The fourth-order valence-electron chi connectivity index (χ4n) is 2.49. The van der Waals surface area contributed by atoms with Gasteiger partial charge in [0.05, 0.1) is 0 Å². The van der Waals surface area contributed by atoms with E-state index in [0.717, 1.165) is 38.0 Å². The Balaban J connectivity index is 1.87. The number of amides is 1. The number of nitrogens with one attached hydrogen (secondary N) is 1. The van der Waals surface area contributed by atoms with Gasteiger partial charge in [0.2, 0.25) is 5.91 Å². The van der Waals surface area contributed by atoms with E-state index in [9.17, 15) is 9.18 Å². The number of hydrogen-bond donors (Lipinski definition) is 1. The third-order valence-electron chi connectivity index (χ3n) is 3.51. The molecule has 0 radical (unpaired) electrons. The van der Waals surface area contributed by atoms with Gasteiger partial charge in [-0.2, -0.15) is 0 Å². The van der Waals surface area contributed by atoms with Crippen molar-refractivity contribution in [2.75, 3.05) is 13.1 Å². The standard InChI is InChI=1S/C15H21FN2O/c1-2-15(19)17-14-4-3-9-18(11-14)10-12-5-7-13(16)8-6-12/h5-8,14H,2-4,9-11H2,1H3,(H,17,19)/t14-/m0/s1. The lowest BCUT2D eigenvalue weighted by molar-refractivity contribution is -0.121. The van der Waals surface area contributed by atoms with Crippen LogP contribution in [0.25, 0.3) is 0 Å². The molecule has 1 amide bonds. The zero-order valence-electron chi connectivity index (χ0n) is 11.4. The van der Waals surface area contributed by atoms with E-state index >= 15 is 0 Å². The smallest absolute Gasteiger partial charge is 0.219 e. The summed E-state index contributed by atoms with van der Waals surface area (Å²) in [6.07, 6.45) is 2.68. The Morgan fingerprint density at radius 3 is 2.84 bits per heavy atom. The van der Waals surface area contributed by atoms with Crippen LogP contribution < -0.4 is 5.32 Å². The van der Waals surface area contributed by atoms with E-state index < -0.39 is 0 Å². The molecule has 1 saturated heterocycles. The maximum Gasteiger partial charge on any atom is 0.219 e. The highest BCUT2D eigenvalue weighted by Crippen LogP contribution is 2.14. The average molecular weight is 264 g/mol. The number of likely N-dealkylation sites (tertiary alicyclic amines) is 1. The third-order valence-corrected chi connectivity index (χ3v) is 3.51. The summed E-state index contributed by atoms with van der Waals surface area (Å²) in [7, 11) is 0. The van der Waals surface area contributed by atoms with Crippen LogP contribution in [0.5, 0.6) is 0 Å². The van der Waals surface area contributed by atoms with Gasteiger partial charge in [-0.25, -0.2) is 4.39 Å².